The lowest BCUT2D eigenvalue weighted by atomic mass is 10.3. The molecule has 138 valence electrons. The molecule has 0 aliphatic carbocycles. The highest BCUT2D eigenvalue weighted by atomic mass is 19.4. The van der Waals surface area contributed by atoms with E-state index in [0.717, 1.165) is 5.56 Å². The van der Waals surface area contributed by atoms with Gasteiger partial charge in [0.25, 0.3) is 0 Å². The van der Waals surface area contributed by atoms with E-state index in [1.165, 1.54) is 18.2 Å². The average molecular weight is 356 g/mol. The van der Waals surface area contributed by atoms with Crippen LogP contribution in [0.15, 0.2) is 30.5 Å². The van der Waals surface area contributed by atoms with E-state index in [9.17, 15) is 13.2 Å². The first-order chi connectivity index (χ1) is 11.7. The van der Waals surface area contributed by atoms with Crippen molar-refractivity contribution in [2.24, 2.45) is 0 Å². The predicted octanol–water partition coefficient (Wildman–Crippen LogP) is 5.27. The summed E-state index contributed by atoms with van der Waals surface area (Å²) in [6.45, 7) is 9.71. The zero-order chi connectivity index (χ0) is 19.0. The summed E-state index contributed by atoms with van der Waals surface area (Å²) in [5, 5.41) is 6.04. The Morgan fingerprint density at radius 2 is 1.84 bits per heavy atom. The van der Waals surface area contributed by atoms with Crippen LogP contribution in [0.2, 0.25) is 0 Å². The van der Waals surface area contributed by atoms with Gasteiger partial charge in [0.15, 0.2) is 0 Å². The van der Waals surface area contributed by atoms with E-state index in [1.54, 1.807) is 19.2 Å². The number of rotatable bonds is 5. The largest absolute Gasteiger partial charge is 0.573 e. The molecule has 1 aromatic carbocycles. The Kier molecular flexibility index (Phi) is 7.47. The van der Waals surface area contributed by atoms with Gasteiger partial charge in [-0.05, 0) is 32.9 Å². The highest BCUT2D eigenvalue weighted by Crippen LogP contribution is 2.27. The van der Waals surface area contributed by atoms with Crippen LogP contribution < -0.4 is 15.4 Å². The number of aryl methyl sites for hydroxylation is 1. The lowest BCUT2D eigenvalue weighted by Crippen LogP contribution is -2.17. The summed E-state index contributed by atoms with van der Waals surface area (Å²) in [7, 11) is 0. The summed E-state index contributed by atoms with van der Waals surface area (Å²) < 4.78 is 40.7. The Labute approximate surface area is 145 Å². The van der Waals surface area contributed by atoms with Crippen LogP contribution in [-0.2, 0) is 0 Å². The molecule has 2 aromatic rings. The van der Waals surface area contributed by atoms with E-state index in [2.05, 4.69) is 25.3 Å². The van der Waals surface area contributed by atoms with Crippen molar-refractivity contribution < 1.29 is 17.9 Å². The summed E-state index contributed by atoms with van der Waals surface area (Å²) in [5.74, 6) is 0.651. The van der Waals surface area contributed by atoms with Gasteiger partial charge in [0.1, 0.15) is 11.6 Å². The minimum Gasteiger partial charge on any atom is -0.406 e. The van der Waals surface area contributed by atoms with E-state index < -0.39 is 6.36 Å². The molecule has 0 unspecified atom stereocenters. The smallest absolute Gasteiger partial charge is 0.406 e. The van der Waals surface area contributed by atoms with Crippen LogP contribution in [0.25, 0.3) is 0 Å². The minimum atomic E-state index is -4.72. The topological polar surface area (TPSA) is 59.1 Å². The van der Waals surface area contributed by atoms with E-state index in [4.69, 9.17) is 0 Å². The van der Waals surface area contributed by atoms with Crippen LogP contribution in [-0.4, -0.2) is 22.4 Å². The molecule has 0 amide bonds. The van der Waals surface area contributed by atoms with Crippen molar-refractivity contribution in [3.05, 3.63) is 36.0 Å². The average Bonchev–Trinajstić information content (AvgIpc) is 2.51. The van der Waals surface area contributed by atoms with Crippen LogP contribution in [0.5, 0.6) is 5.75 Å². The maximum atomic E-state index is 12.3. The van der Waals surface area contributed by atoms with E-state index in [0.29, 0.717) is 17.5 Å². The van der Waals surface area contributed by atoms with Gasteiger partial charge in [-0.15, -0.1) is 13.2 Å². The Bertz CT molecular complexity index is 675. The number of hydrogen-bond acceptors (Lipinski definition) is 5. The molecule has 25 heavy (non-hydrogen) atoms. The maximum Gasteiger partial charge on any atom is 0.573 e. The number of anilines is 3. The fourth-order valence-corrected chi connectivity index (χ4v) is 1.80. The zero-order valence-corrected chi connectivity index (χ0v) is 14.9. The monoisotopic (exact) mass is 356 g/mol. The number of halogens is 3. The molecule has 0 bridgehead atoms. The highest BCUT2D eigenvalue weighted by Gasteiger charge is 2.31. The summed E-state index contributed by atoms with van der Waals surface area (Å²) in [4.78, 5) is 8.47. The molecule has 0 radical (unpaired) electrons. The fraction of sp³-hybridized carbons (Fsp3) is 0.412. The molecule has 2 N–H and O–H groups in total. The molecule has 0 fully saturated rings. The van der Waals surface area contributed by atoms with Gasteiger partial charge in [0.05, 0.1) is 0 Å². The van der Waals surface area contributed by atoms with Crippen molar-refractivity contribution in [2.45, 2.75) is 47.0 Å². The molecule has 8 heteroatoms. The number of nitrogens with zero attached hydrogens (tertiary/aromatic N) is 2. The molecule has 0 spiro atoms. The molecular weight excluding hydrogens is 333 g/mol. The Morgan fingerprint density at radius 1 is 1.16 bits per heavy atom. The van der Waals surface area contributed by atoms with Crippen molar-refractivity contribution in [1.82, 2.24) is 9.97 Å². The number of ether oxygens (including phenoxy) is 1. The van der Waals surface area contributed by atoms with Gasteiger partial charge in [-0.1, -0.05) is 19.9 Å². The van der Waals surface area contributed by atoms with E-state index in [-0.39, 0.29) is 11.8 Å². The van der Waals surface area contributed by atoms with Crippen molar-refractivity contribution in [3.8, 4) is 5.75 Å². The molecule has 0 aliphatic heterocycles. The third-order valence-electron chi connectivity index (χ3n) is 2.72. The minimum absolute atomic E-state index is 0.161. The third kappa shape index (κ3) is 7.28. The highest BCUT2D eigenvalue weighted by molar-refractivity contribution is 5.61. The van der Waals surface area contributed by atoms with Gasteiger partial charge in [-0.3, -0.25) is 0 Å². The molecule has 1 aromatic heterocycles. The summed E-state index contributed by atoms with van der Waals surface area (Å²) in [6.07, 6.45) is -3.09. The normalized spacial score (nSPS) is 10.8. The second-order valence-electron chi connectivity index (χ2n) is 5.22. The SMILES string of the molecule is CC.Cc1cnc(NC(C)C)nc1Nc1cccc(OC(F)(F)F)c1. The summed E-state index contributed by atoms with van der Waals surface area (Å²) >= 11 is 0. The molecule has 5 nitrogen and oxygen atoms in total. The second kappa shape index (κ2) is 9.10. The standard InChI is InChI=1S/C15H17F3N4O.C2H6/c1-9(2)20-14-19-8-10(3)13(22-14)21-11-5-4-6-12(7-11)23-15(16,17)18;1-2/h4-9H,1-3H3,(H2,19,20,21,22);1-2H3. The first-order valence-electron chi connectivity index (χ1n) is 7.96. The van der Waals surface area contributed by atoms with Crippen LogP contribution in [0.3, 0.4) is 0 Å². The van der Waals surface area contributed by atoms with Gasteiger partial charge in [0.2, 0.25) is 5.95 Å². The van der Waals surface area contributed by atoms with Crippen molar-refractivity contribution in [2.75, 3.05) is 10.6 Å². The number of aromatic nitrogens is 2. The van der Waals surface area contributed by atoms with Gasteiger partial charge in [-0.2, -0.15) is 4.98 Å². The Balaban J connectivity index is 0.00000151. The Hall–Kier alpha value is -2.51. The fourth-order valence-electron chi connectivity index (χ4n) is 1.80. The maximum absolute atomic E-state index is 12.3. The number of benzene rings is 1. The van der Waals surface area contributed by atoms with Gasteiger partial charge in [-0.25, -0.2) is 4.98 Å². The van der Waals surface area contributed by atoms with Crippen molar-refractivity contribution in [1.29, 1.82) is 0 Å². The third-order valence-corrected chi connectivity index (χ3v) is 2.72. The van der Waals surface area contributed by atoms with Gasteiger partial charge >= 0.3 is 6.36 Å². The molecule has 0 saturated carbocycles. The second-order valence-corrected chi connectivity index (χ2v) is 5.22. The van der Waals surface area contributed by atoms with Crippen LogP contribution in [0, 0.1) is 6.92 Å². The molecule has 0 saturated heterocycles. The van der Waals surface area contributed by atoms with E-state index >= 15 is 0 Å². The first-order valence-corrected chi connectivity index (χ1v) is 7.96. The van der Waals surface area contributed by atoms with Gasteiger partial charge in [0, 0.05) is 29.6 Å². The lowest BCUT2D eigenvalue weighted by Gasteiger charge is -2.13. The lowest BCUT2D eigenvalue weighted by molar-refractivity contribution is -0.274. The predicted molar refractivity (Wildman–Crippen MR) is 93.3 cm³/mol. The quantitative estimate of drug-likeness (QED) is 0.764. The molecular formula is C17H23F3N4O. The van der Waals surface area contributed by atoms with Crippen LogP contribution in [0.1, 0.15) is 33.3 Å². The van der Waals surface area contributed by atoms with E-state index in [1.807, 2.05) is 27.7 Å². The molecule has 0 atom stereocenters. The number of hydrogen-bond donors (Lipinski definition) is 2. The molecule has 0 aliphatic rings. The number of nitrogens with one attached hydrogen (secondary N) is 2. The Morgan fingerprint density at radius 3 is 2.44 bits per heavy atom. The van der Waals surface area contributed by atoms with Crippen molar-refractivity contribution in [3.63, 3.8) is 0 Å². The zero-order valence-electron chi connectivity index (χ0n) is 14.9. The van der Waals surface area contributed by atoms with Gasteiger partial charge < -0.3 is 15.4 Å². The van der Waals surface area contributed by atoms with Crippen LogP contribution in [0.4, 0.5) is 30.6 Å². The first kappa shape index (κ1) is 20.5. The molecule has 1 heterocycles. The number of alkyl halides is 3. The summed E-state index contributed by atoms with van der Waals surface area (Å²) in [5.41, 5.74) is 1.20. The van der Waals surface area contributed by atoms with Crippen LogP contribution >= 0.6 is 0 Å². The molecule has 2 rings (SSSR count). The summed E-state index contributed by atoms with van der Waals surface area (Å²) in [6, 6.07) is 5.74. The van der Waals surface area contributed by atoms with Crippen molar-refractivity contribution >= 4 is 17.5 Å².